The number of alkyl halides is 3. The fourth-order valence-corrected chi connectivity index (χ4v) is 4.12. The Bertz CT molecular complexity index is 1600. The molecule has 12 heteroatoms. The zero-order valence-electron chi connectivity index (χ0n) is 19.8. The van der Waals surface area contributed by atoms with Crippen LogP contribution in [0.5, 0.6) is 0 Å². The number of amides is 1. The summed E-state index contributed by atoms with van der Waals surface area (Å²) in [6, 6.07) is 8.26. The van der Waals surface area contributed by atoms with Crippen LogP contribution < -0.4 is 5.73 Å². The number of halogens is 3. The Kier molecular flexibility index (Phi) is 5.94. The van der Waals surface area contributed by atoms with Crippen molar-refractivity contribution in [2.45, 2.75) is 32.6 Å². The summed E-state index contributed by atoms with van der Waals surface area (Å²) in [7, 11) is 0. The van der Waals surface area contributed by atoms with E-state index >= 15 is 0 Å². The second-order valence-electron chi connectivity index (χ2n) is 8.48. The van der Waals surface area contributed by atoms with Crippen molar-refractivity contribution < 1.29 is 18.0 Å². The maximum atomic E-state index is 13.9. The molecule has 1 amide bonds. The van der Waals surface area contributed by atoms with E-state index in [0.717, 1.165) is 12.3 Å². The summed E-state index contributed by atoms with van der Waals surface area (Å²) in [6.07, 6.45) is 0.978. The number of pyridine rings is 1. The summed E-state index contributed by atoms with van der Waals surface area (Å²) >= 11 is 0. The average Bonchev–Trinajstić information content (AvgIpc) is 3.29. The molecule has 0 radical (unpaired) electrons. The Hall–Kier alpha value is -4.61. The highest BCUT2D eigenvalue weighted by Crippen LogP contribution is 2.29. The zero-order valence-corrected chi connectivity index (χ0v) is 19.8. The van der Waals surface area contributed by atoms with Crippen molar-refractivity contribution in [1.82, 2.24) is 34.2 Å². The summed E-state index contributed by atoms with van der Waals surface area (Å²) in [5.41, 5.74) is 7.66. The van der Waals surface area contributed by atoms with Gasteiger partial charge in [0.25, 0.3) is 5.91 Å². The van der Waals surface area contributed by atoms with E-state index in [0.29, 0.717) is 39.6 Å². The lowest BCUT2D eigenvalue weighted by molar-refractivity contribution is -0.137. The SMILES string of the molecule is Cc1ncc2c(N)nc3ccc(C(=O)N(Cc4ccc(C(F)(F)F)cn4)[C@H](C)c4ncccn4)cc3n12. The van der Waals surface area contributed by atoms with E-state index in [1.807, 2.05) is 11.3 Å². The van der Waals surface area contributed by atoms with Crippen molar-refractivity contribution in [2.75, 3.05) is 5.73 Å². The van der Waals surface area contributed by atoms with Crippen LogP contribution in [0.3, 0.4) is 0 Å². The van der Waals surface area contributed by atoms with Gasteiger partial charge in [-0.15, -0.1) is 0 Å². The van der Waals surface area contributed by atoms with Crippen molar-refractivity contribution in [3.8, 4) is 0 Å². The lowest BCUT2D eigenvalue weighted by Gasteiger charge is -2.28. The Morgan fingerprint density at radius 3 is 2.49 bits per heavy atom. The summed E-state index contributed by atoms with van der Waals surface area (Å²) in [4.78, 5) is 36.5. The largest absolute Gasteiger partial charge is 0.417 e. The van der Waals surface area contributed by atoms with Gasteiger partial charge in [0, 0.05) is 24.2 Å². The number of rotatable bonds is 5. The molecule has 0 aliphatic heterocycles. The molecule has 5 rings (SSSR count). The first-order chi connectivity index (χ1) is 17.6. The molecule has 0 unspecified atom stereocenters. The van der Waals surface area contributed by atoms with Gasteiger partial charge in [-0.05, 0) is 50.2 Å². The highest BCUT2D eigenvalue weighted by molar-refractivity contribution is 5.98. The monoisotopic (exact) mass is 506 g/mol. The van der Waals surface area contributed by atoms with E-state index in [1.165, 1.54) is 11.0 Å². The van der Waals surface area contributed by atoms with Crippen LogP contribution >= 0.6 is 0 Å². The molecule has 37 heavy (non-hydrogen) atoms. The smallest absolute Gasteiger partial charge is 0.382 e. The number of imidazole rings is 1. The molecule has 188 valence electrons. The van der Waals surface area contributed by atoms with Crippen LogP contribution in [0.15, 0.2) is 61.2 Å². The standard InChI is InChI=1S/C25H21F3N8O/c1-14(23-30-8-3-9-31-23)35(13-18-6-5-17(11-33-18)25(26,27)28)24(37)16-4-7-19-20(10-16)36-15(2)32-12-21(36)22(29)34-19/h3-12,14H,13H2,1-2H3,(H2,29,34)/t14-/m1/s1. The van der Waals surface area contributed by atoms with Gasteiger partial charge in [0.1, 0.15) is 23.0 Å². The number of carbonyl (C=O) groups is 1. The number of carbonyl (C=O) groups excluding carboxylic acids is 1. The van der Waals surface area contributed by atoms with Crippen LogP contribution in [-0.4, -0.2) is 40.1 Å². The number of hydrogen-bond donors (Lipinski definition) is 1. The molecule has 0 saturated heterocycles. The van der Waals surface area contributed by atoms with E-state index in [1.54, 1.807) is 49.8 Å². The summed E-state index contributed by atoms with van der Waals surface area (Å²) < 4.78 is 40.8. The Morgan fingerprint density at radius 1 is 1.05 bits per heavy atom. The quantitative estimate of drug-likeness (QED) is 0.376. The van der Waals surface area contributed by atoms with E-state index in [2.05, 4.69) is 24.9 Å². The van der Waals surface area contributed by atoms with Crippen molar-refractivity contribution in [3.05, 3.63) is 89.7 Å². The molecule has 4 heterocycles. The number of nitrogen functional groups attached to an aromatic ring is 1. The van der Waals surface area contributed by atoms with Gasteiger partial charge in [-0.1, -0.05) is 0 Å². The lowest BCUT2D eigenvalue weighted by Crippen LogP contribution is -2.34. The number of aryl methyl sites for hydroxylation is 1. The van der Waals surface area contributed by atoms with Gasteiger partial charge in [0.2, 0.25) is 0 Å². The second-order valence-corrected chi connectivity index (χ2v) is 8.48. The molecule has 9 nitrogen and oxygen atoms in total. The zero-order chi connectivity index (χ0) is 26.3. The number of nitrogens with two attached hydrogens (primary N) is 1. The first kappa shape index (κ1) is 24.1. The predicted molar refractivity (Wildman–Crippen MR) is 129 cm³/mol. The van der Waals surface area contributed by atoms with Crippen LogP contribution in [-0.2, 0) is 12.7 Å². The first-order valence-electron chi connectivity index (χ1n) is 11.3. The molecule has 1 atom stereocenters. The molecule has 0 aliphatic rings. The van der Waals surface area contributed by atoms with Crippen LogP contribution in [0.25, 0.3) is 16.6 Å². The summed E-state index contributed by atoms with van der Waals surface area (Å²) in [5, 5.41) is 0. The van der Waals surface area contributed by atoms with Crippen LogP contribution in [0, 0.1) is 6.92 Å². The molecule has 4 aromatic heterocycles. The van der Waals surface area contributed by atoms with Gasteiger partial charge < -0.3 is 10.6 Å². The highest BCUT2D eigenvalue weighted by atomic mass is 19.4. The minimum absolute atomic E-state index is 0.0616. The van der Waals surface area contributed by atoms with Crippen LogP contribution in [0.4, 0.5) is 19.0 Å². The third-order valence-electron chi connectivity index (χ3n) is 6.08. The molecule has 2 N–H and O–H groups in total. The van der Waals surface area contributed by atoms with Gasteiger partial charge in [-0.25, -0.2) is 19.9 Å². The summed E-state index contributed by atoms with van der Waals surface area (Å²) in [5.74, 6) is 0.990. The maximum Gasteiger partial charge on any atom is 0.417 e. The van der Waals surface area contributed by atoms with Gasteiger partial charge in [0.15, 0.2) is 0 Å². The third kappa shape index (κ3) is 4.53. The fraction of sp³-hybridized carbons (Fsp3) is 0.200. The molecule has 0 fully saturated rings. The molecule has 0 spiro atoms. The van der Waals surface area contributed by atoms with Crippen molar-refractivity contribution in [2.24, 2.45) is 0 Å². The fourth-order valence-electron chi connectivity index (χ4n) is 4.12. The average molecular weight is 506 g/mol. The van der Waals surface area contributed by atoms with E-state index in [4.69, 9.17) is 5.73 Å². The minimum atomic E-state index is -4.51. The number of nitrogens with zero attached hydrogens (tertiary/aromatic N) is 7. The number of aromatic nitrogens is 6. The topological polar surface area (TPSA) is 115 Å². The molecule has 0 bridgehead atoms. The van der Waals surface area contributed by atoms with E-state index < -0.39 is 17.8 Å². The number of hydrogen-bond acceptors (Lipinski definition) is 7. The Labute approximate surface area is 208 Å². The van der Waals surface area contributed by atoms with E-state index in [9.17, 15) is 18.0 Å². The van der Waals surface area contributed by atoms with Gasteiger partial charge in [-0.2, -0.15) is 13.2 Å². The minimum Gasteiger partial charge on any atom is -0.382 e. The molecular formula is C25H21F3N8O. The molecule has 1 aromatic carbocycles. The third-order valence-corrected chi connectivity index (χ3v) is 6.08. The normalized spacial score (nSPS) is 12.7. The molecule has 5 aromatic rings. The molecular weight excluding hydrogens is 485 g/mol. The van der Waals surface area contributed by atoms with Crippen LogP contribution in [0.1, 0.15) is 46.2 Å². The predicted octanol–water partition coefficient (Wildman–Crippen LogP) is 4.38. The Morgan fingerprint density at radius 2 is 1.81 bits per heavy atom. The molecule has 0 aliphatic carbocycles. The van der Waals surface area contributed by atoms with E-state index in [-0.39, 0.29) is 18.1 Å². The Balaban J connectivity index is 1.57. The number of anilines is 1. The lowest BCUT2D eigenvalue weighted by atomic mass is 10.1. The van der Waals surface area contributed by atoms with Gasteiger partial charge >= 0.3 is 6.18 Å². The van der Waals surface area contributed by atoms with Crippen molar-refractivity contribution >= 4 is 28.3 Å². The van der Waals surface area contributed by atoms with Crippen molar-refractivity contribution in [3.63, 3.8) is 0 Å². The second kappa shape index (κ2) is 9.12. The van der Waals surface area contributed by atoms with Crippen LogP contribution in [0.2, 0.25) is 0 Å². The maximum absolute atomic E-state index is 13.9. The first-order valence-corrected chi connectivity index (χ1v) is 11.3. The molecule has 0 saturated carbocycles. The number of fused-ring (bicyclic) bond motifs is 3. The summed E-state index contributed by atoms with van der Waals surface area (Å²) in [6.45, 7) is 3.50. The highest BCUT2D eigenvalue weighted by Gasteiger charge is 2.31. The van der Waals surface area contributed by atoms with Gasteiger partial charge in [0.05, 0.1) is 41.1 Å². The van der Waals surface area contributed by atoms with Crippen molar-refractivity contribution in [1.29, 1.82) is 0 Å². The van der Waals surface area contributed by atoms with Gasteiger partial charge in [-0.3, -0.25) is 14.2 Å². The number of benzene rings is 1.